The van der Waals surface area contributed by atoms with Crippen LogP contribution in [0.5, 0.6) is 0 Å². The van der Waals surface area contributed by atoms with E-state index < -0.39 is 6.09 Å². The van der Waals surface area contributed by atoms with Crippen molar-refractivity contribution in [1.29, 1.82) is 0 Å². The van der Waals surface area contributed by atoms with Crippen molar-refractivity contribution >= 4 is 29.3 Å². The number of amides is 2. The number of carbonyl (C=O) groups is 2. The Balaban J connectivity index is 1.48. The van der Waals surface area contributed by atoms with E-state index in [1.165, 1.54) is 0 Å². The van der Waals surface area contributed by atoms with E-state index >= 15 is 0 Å². The fourth-order valence-corrected chi connectivity index (χ4v) is 3.51. The van der Waals surface area contributed by atoms with Crippen molar-refractivity contribution < 1.29 is 19.4 Å². The number of benzene rings is 2. The Kier molecular flexibility index (Phi) is 7.49. The number of nitrogens with zero attached hydrogens (tertiary/aromatic N) is 1. The van der Waals surface area contributed by atoms with Crippen molar-refractivity contribution in [2.24, 2.45) is 0 Å². The molecule has 0 aromatic heterocycles. The SMILES string of the molecule is O=C(Nc1ccc(CC(=O)N2CCCC[C@@H]2CO)cc1)OCc1ccc(Cl)cc1. The number of carbonyl (C=O) groups excluding carboxylic acids is 2. The molecule has 2 N–H and O–H groups in total. The Hall–Kier alpha value is -2.57. The fourth-order valence-electron chi connectivity index (χ4n) is 3.38. The number of aliphatic hydroxyl groups is 1. The van der Waals surface area contributed by atoms with Crippen molar-refractivity contribution in [3.63, 3.8) is 0 Å². The van der Waals surface area contributed by atoms with Crippen LogP contribution in [0.15, 0.2) is 48.5 Å². The van der Waals surface area contributed by atoms with Crippen molar-refractivity contribution in [1.82, 2.24) is 4.90 Å². The van der Waals surface area contributed by atoms with Gasteiger partial charge in [0.1, 0.15) is 6.61 Å². The molecule has 0 aliphatic carbocycles. The summed E-state index contributed by atoms with van der Waals surface area (Å²) in [6.45, 7) is 0.854. The van der Waals surface area contributed by atoms with Gasteiger partial charge in [-0.25, -0.2) is 4.79 Å². The van der Waals surface area contributed by atoms with Gasteiger partial charge < -0.3 is 14.7 Å². The molecular formula is C22H25ClN2O4. The molecule has 1 atom stereocenters. The number of likely N-dealkylation sites (tertiary alicyclic amines) is 1. The summed E-state index contributed by atoms with van der Waals surface area (Å²) in [5, 5.41) is 12.8. The minimum absolute atomic E-state index is 0.00668. The molecule has 154 valence electrons. The summed E-state index contributed by atoms with van der Waals surface area (Å²) in [7, 11) is 0. The van der Waals surface area contributed by atoms with Gasteiger partial charge in [0.25, 0.3) is 0 Å². The molecule has 0 unspecified atom stereocenters. The second kappa shape index (κ2) is 10.3. The van der Waals surface area contributed by atoms with E-state index in [-0.39, 0.29) is 31.6 Å². The third kappa shape index (κ3) is 6.21. The Morgan fingerprint density at radius 2 is 1.76 bits per heavy atom. The number of hydrogen-bond donors (Lipinski definition) is 2. The lowest BCUT2D eigenvalue weighted by Gasteiger charge is -2.34. The maximum absolute atomic E-state index is 12.6. The molecule has 6 nitrogen and oxygen atoms in total. The summed E-state index contributed by atoms with van der Waals surface area (Å²) in [5.74, 6) is 0.0202. The highest BCUT2D eigenvalue weighted by Gasteiger charge is 2.25. The molecule has 1 aliphatic rings. The maximum Gasteiger partial charge on any atom is 0.411 e. The van der Waals surface area contributed by atoms with Crippen LogP contribution < -0.4 is 5.32 Å². The number of rotatable bonds is 6. The smallest absolute Gasteiger partial charge is 0.411 e. The Labute approximate surface area is 175 Å². The van der Waals surface area contributed by atoms with Crippen LogP contribution in [0.4, 0.5) is 10.5 Å². The van der Waals surface area contributed by atoms with E-state index in [1.54, 1.807) is 41.3 Å². The highest BCUT2D eigenvalue weighted by molar-refractivity contribution is 6.30. The van der Waals surface area contributed by atoms with Gasteiger partial charge >= 0.3 is 6.09 Å². The molecule has 1 saturated heterocycles. The molecule has 1 heterocycles. The zero-order valence-electron chi connectivity index (χ0n) is 16.1. The molecule has 29 heavy (non-hydrogen) atoms. The number of hydrogen-bond acceptors (Lipinski definition) is 4. The molecule has 7 heteroatoms. The average Bonchev–Trinajstić information content (AvgIpc) is 2.74. The van der Waals surface area contributed by atoms with Gasteiger partial charge in [0.15, 0.2) is 0 Å². The average molecular weight is 417 g/mol. The van der Waals surface area contributed by atoms with Gasteiger partial charge in [0.2, 0.25) is 5.91 Å². The van der Waals surface area contributed by atoms with Gasteiger partial charge in [0, 0.05) is 17.3 Å². The van der Waals surface area contributed by atoms with Crippen molar-refractivity contribution in [2.75, 3.05) is 18.5 Å². The van der Waals surface area contributed by atoms with Crippen LogP contribution in [0.3, 0.4) is 0 Å². The molecule has 2 amide bonds. The lowest BCUT2D eigenvalue weighted by molar-refractivity contribution is -0.135. The van der Waals surface area contributed by atoms with Crippen molar-refractivity contribution in [3.8, 4) is 0 Å². The summed E-state index contributed by atoms with van der Waals surface area (Å²) >= 11 is 5.83. The first-order valence-corrected chi connectivity index (χ1v) is 10.1. The van der Waals surface area contributed by atoms with E-state index in [0.717, 1.165) is 30.4 Å². The van der Waals surface area contributed by atoms with E-state index in [4.69, 9.17) is 16.3 Å². The van der Waals surface area contributed by atoms with Crippen LogP contribution in [0.25, 0.3) is 0 Å². The summed E-state index contributed by atoms with van der Waals surface area (Å²) < 4.78 is 5.19. The monoisotopic (exact) mass is 416 g/mol. The van der Waals surface area contributed by atoms with E-state index in [1.807, 2.05) is 12.1 Å². The van der Waals surface area contributed by atoms with Gasteiger partial charge in [0.05, 0.1) is 19.1 Å². The highest BCUT2D eigenvalue weighted by atomic mass is 35.5. The highest BCUT2D eigenvalue weighted by Crippen LogP contribution is 2.19. The fraction of sp³-hybridized carbons (Fsp3) is 0.364. The van der Waals surface area contributed by atoms with Gasteiger partial charge in [-0.05, 0) is 54.7 Å². The Morgan fingerprint density at radius 1 is 1.07 bits per heavy atom. The number of anilines is 1. The predicted molar refractivity (Wildman–Crippen MR) is 112 cm³/mol. The summed E-state index contributed by atoms with van der Waals surface area (Å²) in [5.41, 5.74) is 2.29. The molecule has 0 spiro atoms. The largest absolute Gasteiger partial charge is 0.444 e. The number of ether oxygens (including phenoxy) is 1. The zero-order chi connectivity index (χ0) is 20.6. The van der Waals surface area contributed by atoms with Gasteiger partial charge in [-0.2, -0.15) is 0 Å². The molecule has 3 rings (SSSR count). The van der Waals surface area contributed by atoms with Gasteiger partial charge in [-0.15, -0.1) is 0 Å². The lowest BCUT2D eigenvalue weighted by Crippen LogP contribution is -2.46. The first-order valence-electron chi connectivity index (χ1n) is 9.72. The quantitative estimate of drug-likeness (QED) is 0.745. The summed E-state index contributed by atoms with van der Waals surface area (Å²) in [6, 6.07) is 14.1. The summed E-state index contributed by atoms with van der Waals surface area (Å²) in [4.78, 5) is 26.3. The standard InChI is InChI=1S/C22H25ClN2O4/c23-18-8-4-17(5-9-18)15-29-22(28)24-19-10-6-16(7-11-19)13-21(27)25-12-2-1-3-20(25)14-26/h4-11,20,26H,1-3,12-15H2,(H,24,28)/t20-/m1/s1. The third-order valence-corrected chi connectivity index (χ3v) is 5.25. The molecule has 0 saturated carbocycles. The van der Waals surface area contributed by atoms with E-state index in [0.29, 0.717) is 17.3 Å². The van der Waals surface area contributed by atoms with Gasteiger partial charge in [-0.3, -0.25) is 10.1 Å². The van der Waals surface area contributed by atoms with Crippen molar-refractivity contribution in [2.45, 2.75) is 38.3 Å². The predicted octanol–water partition coefficient (Wildman–Crippen LogP) is 4.00. The molecule has 2 aromatic carbocycles. The Morgan fingerprint density at radius 3 is 2.45 bits per heavy atom. The maximum atomic E-state index is 12.6. The first kappa shape index (κ1) is 21.1. The lowest BCUT2D eigenvalue weighted by atomic mass is 10.0. The van der Waals surface area contributed by atoms with Gasteiger partial charge in [-0.1, -0.05) is 35.9 Å². The zero-order valence-corrected chi connectivity index (χ0v) is 16.9. The first-order chi connectivity index (χ1) is 14.0. The molecule has 1 aliphatic heterocycles. The minimum Gasteiger partial charge on any atom is -0.444 e. The normalized spacial score (nSPS) is 16.3. The Bertz CT molecular complexity index is 824. The molecule has 0 radical (unpaired) electrons. The van der Waals surface area contributed by atoms with Crippen LogP contribution in [-0.2, 0) is 22.6 Å². The second-order valence-electron chi connectivity index (χ2n) is 7.12. The second-order valence-corrected chi connectivity index (χ2v) is 7.56. The molecule has 2 aromatic rings. The number of piperidine rings is 1. The van der Waals surface area contributed by atoms with Crippen LogP contribution >= 0.6 is 11.6 Å². The summed E-state index contributed by atoms with van der Waals surface area (Å²) in [6.07, 6.45) is 2.59. The number of halogens is 1. The molecular weight excluding hydrogens is 392 g/mol. The number of nitrogens with one attached hydrogen (secondary N) is 1. The van der Waals surface area contributed by atoms with Crippen molar-refractivity contribution in [3.05, 3.63) is 64.7 Å². The third-order valence-electron chi connectivity index (χ3n) is 5.00. The van der Waals surface area contributed by atoms with Crippen LogP contribution in [0.2, 0.25) is 5.02 Å². The number of aliphatic hydroxyl groups excluding tert-OH is 1. The minimum atomic E-state index is -0.553. The molecule has 1 fully saturated rings. The molecule has 0 bridgehead atoms. The topological polar surface area (TPSA) is 78.9 Å². The van der Waals surface area contributed by atoms with E-state index in [9.17, 15) is 14.7 Å². The van der Waals surface area contributed by atoms with Crippen LogP contribution in [-0.4, -0.2) is 41.2 Å². The van der Waals surface area contributed by atoms with Crippen LogP contribution in [0.1, 0.15) is 30.4 Å². The van der Waals surface area contributed by atoms with E-state index in [2.05, 4.69) is 5.32 Å². The van der Waals surface area contributed by atoms with Crippen LogP contribution in [0, 0.1) is 0 Å².